The quantitative estimate of drug-likeness (QED) is 0.572. The third-order valence-corrected chi connectivity index (χ3v) is 6.85. The van der Waals surface area contributed by atoms with E-state index in [0.29, 0.717) is 5.92 Å². The molecule has 3 bridgehead atoms. The molecule has 4 unspecified atom stereocenters. The molecule has 1 heterocycles. The molecule has 3 heteroatoms. The Morgan fingerprint density at radius 3 is 2.67 bits per heavy atom. The first kappa shape index (κ1) is 7.36. The maximum absolute atomic E-state index is 11.8. The van der Waals surface area contributed by atoms with Crippen molar-refractivity contribution in [3.8, 4) is 0 Å². The minimum atomic E-state index is -2.67. The molecule has 0 aromatic heterocycles. The van der Waals surface area contributed by atoms with E-state index in [4.69, 9.17) is 0 Å². The van der Waals surface area contributed by atoms with Crippen LogP contribution in [0.1, 0.15) is 32.1 Å². The molecule has 0 aromatic rings. The van der Waals surface area contributed by atoms with E-state index in [9.17, 15) is 8.42 Å². The van der Waals surface area contributed by atoms with Gasteiger partial charge in [0.1, 0.15) is 0 Å². The largest absolute Gasteiger partial charge is 0.228 e. The van der Waals surface area contributed by atoms with Crippen molar-refractivity contribution < 1.29 is 8.42 Å². The Hall–Kier alpha value is -0.0500. The monoisotopic (exact) mass is 186 g/mol. The molecular weight excluding hydrogens is 172 g/mol. The Balaban J connectivity index is 2.13. The van der Waals surface area contributed by atoms with Gasteiger partial charge in [0.2, 0.25) is 0 Å². The first-order valence-electron chi connectivity index (χ1n) is 4.90. The lowest BCUT2D eigenvalue weighted by Crippen LogP contribution is -2.27. The normalized spacial score (nSPS) is 54.3. The smallest absolute Gasteiger partial charge is 0.156 e. The molecule has 2 nitrogen and oxygen atoms in total. The van der Waals surface area contributed by atoms with Gasteiger partial charge < -0.3 is 0 Å². The standard InChI is InChI=1S/C9H14O2S/c10-12(11)8-4-6-1-2-9(12)7(3-6)5-8/h6-9H,1-5H2. The minimum Gasteiger partial charge on any atom is -0.228 e. The molecule has 1 aliphatic heterocycles. The summed E-state index contributed by atoms with van der Waals surface area (Å²) in [6.45, 7) is 0. The van der Waals surface area contributed by atoms with Gasteiger partial charge in [0.15, 0.2) is 9.84 Å². The second-order valence-corrected chi connectivity index (χ2v) is 7.11. The van der Waals surface area contributed by atoms with Crippen molar-refractivity contribution >= 4 is 9.84 Å². The van der Waals surface area contributed by atoms with Gasteiger partial charge in [-0.3, -0.25) is 0 Å². The highest BCUT2D eigenvalue weighted by Gasteiger charge is 2.54. The molecule has 0 amide bonds. The fourth-order valence-electron chi connectivity index (χ4n) is 3.55. The summed E-state index contributed by atoms with van der Waals surface area (Å²) in [7, 11) is -2.67. The average Bonchev–Trinajstić information content (AvgIpc) is 2.11. The van der Waals surface area contributed by atoms with Crippen LogP contribution >= 0.6 is 0 Å². The van der Waals surface area contributed by atoms with Crippen LogP contribution in [-0.4, -0.2) is 18.9 Å². The molecule has 4 atom stereocenters. The summed E-state index contributed by atoms with van der Waals surface area (Å²) in [4.78, 5) is 0. The van der Waals surface area contributed by atoms with Crippen LogP contribution in [-0.2, 0) is 9.84 Å². The van der Waals surface area contributed by atoms with E-state index in [-0.39, 0.29) is 10.5 Å². The molecule has 2 aliphatic carbocycles. The minimum absolute atomic E-state index is 0.0637. The molecule has 68 valence electrons. The molecule has 3 fully saturated rings. The summed E-state index contributed by atoms with van der Waals surface area (Å²) >= 11 is 0. The lowest BCUT2D eigenvalue weighted by atomic mass is 9.72. The average molecular weight is 186 g/mol. The van der Waals surface area contributed by atoms with E-state index in [2.05, 4.69) is 0 Å². The van der Waals surface area contributed by atoms with Gasteiger partial charge in [-0.2, -0.15) is 0 Å². The highest BCUT2D eigenvalue weighted by molar-refractivity contribution is 7.93. The Labute approximate surface area is 73.3 Å². The zero-order chi connectivity index (χ0) is 8.34. The van der Waals surface area contributed by atoms with Gasteiger partial charge >= 0.3 is 0 Å². The zero-order valence-corrected chi connectivity index (χ0v) is 7.89. The van der Waals surface area contributed by atoms with Crippen molar-refractivity contribution in [1.82, 2.24) is 0 Å². The predicted octanol–water partition coefficient (Wildman–Crippen LogP) is 1.36. The molecule has 3 rings (SSSR count). The van der Waals surface area contributed by atoms with Crippen LogP contribution in [0, 0.1) is 11.8 Å². The number of rotatable bonds is 0. The zero-order valence-electron chi connectivity index (χ0n) is 7.07. The highest BCUT2D eigenvalue weighted by atomic mass is 32.2. The molecule has 0 N–H and O–H groups in total. The van der Waals surface area contributed by atoms with Crippen LogP contribution in [0.2, 0.25) is 0 Å². The first-order chi connectivity index (χ1) is 5.68. The molecule has 0 spiro atoms. The van der Waals surface area contributed by atoms with Gasteiger partial charge in [-0.25, -0.2) is 8.42 Å². The fraction of sp³-hybridized carbons (Fsp3) is 1.00. The van der Waals surface area contributed by atoms with Crippen molar-refractivity contribution in [2.45, 2.75) is 42.6 Å². The fourth-order valence-corrected chi connectivity index (χ4v) is 6.32. The van der Waals surface area contributed by atoms with Crippen LogP contribution in [0.3, 0.4) is 0 Å². The molecule has 1 saturated heterocycles. The molecule has 3 aliphatic rings. The Morgan fingerprint density at radius 1 is 1.00 bits per heavy atom. The Morgan fingerprint density at radius 2 is 1.83 bits per heavy atom. The van der Waals surface area contributed by atoms with Crippen molar-refractivity contribution in [3.05, 3.63) is 0 Å². The van der Waals surface area contributed by atoms with Crippen LogP contribution in [0.15, 0.2) is 0 Å². The maximum atomic E-state index is 11.8. The number of sulfone groups is 1. The van der Waals surface area contributed by atoms with Crippen LogP contribution in [0.25, 0.3) is 0 Å². The van der Waals surface area contributed by atoms with E-state index in [1.54, 1.807) is 0 Å². The molecule has 0 radical (unpaired) electrons. The molecular formula is C9H14O2S. The van der Waals surface area contributed by atoms with Gasteiger partial charge in [0, 0.05) is 0 Å². The Kier molecular flexibility index (Phi) is 1.26. The lowest BCUT2D eigenvalue weighted by Gasteiger charge is -2.31. The first-order valence-corrected chi connectivity index (χ1v) is 6.51. The second-order valence-electron chi connectivity index (χ2n) is 4.66. The van der Waals surface area contributed by atoms with Gasteiger partial charge in [0.05, 0.1) is 10.5 Å². The Bertz CT molecular complexity index is 306. The summed E-state index contributed by atoms with van der Waals surface area (Å²) in [5.74, 6) is 1.30. The van der Waals surface area contributed by atoms with E-state index >= 15 is 0 Å². The second kappa shape index (κ2) is 2.06. The lowest BCUT2D eigenvalue weighted by molar-refractivity contribution is 0.222. The van der Waals surface area contributed by atoms with Crippen molar-refractivity contribution in [1.29, 1.82) is 0 Å². The summed E-state index contributed by atoms with van der Waals surface area (Å²) in [6.07, 6.45) is 5.32. The van der Waals surface area contributed by atoms with Gasteiger partial charge in [0.25, 0.3) is 0 Å². The van der Waals surface area contributed by atoms with Crippen LogP contribution in [0.5, 0.6) is 0 Å². The predicted molar refractivity (Wildman–Crippen MR) is 46.6 cm³/mol. The SMILES string of the molecule is O=S1(=O)C2CC3CCC1C(C3)C2. The van der Waals surface area contributed by atoms with E-state index in [1.165, 1.54) is 12.8 Å². The number of hydrogen-bond donors (Lipinski definition) is 0. The molecule has 12 heavy (non-hydrogen) atoms. The number of fused-ring (bicyclic) bond motifs is 2. The van der Waals surface area contributed by atoms with Crippen LogP contribution < -0.4 is 0 Å². The number of hydrogen-bond acceptors (Lipinski definition) is 2. The van der Waals surface area contributed by atoms with Gasteiger partial charge in [-0.15, -0.1) is 0 Å². The van der Waals surface area contributed by atoms with Gasteiger partial charge in [-0.1, -0.05) is 0 Å². The maximum Gasteiger partial charge on any atom is 0.156 e. The van der Waals surface area contributed by atoms with E-state index < -0.39 is 9.84 Å². The third kappa shape index (κ3) is 0.734. The summed E-state index contributed by atoms with van der Waals surface area (Å²) in [5.41, 5.74) is 0. The highest BCUT2D eigenvalue weighted by Crippen LogP contribution is 2.51. The van der Waals surface area contributed by atoms with Crippen LogP contribution in [0.4, 0.5) is 0 Å². The van der Waals surface area contributed by atoms with E-state index in [1.807, 2.05) is 0 Å². The van der Waals surface area contributed by atoms with Crippen molar-refractivity contribution in [2.75, 3.05) is 0 Å². The summed E-state index contributed by atoms with van der Waals surface area (Å²) in [6, 6.07) is 0. The summed E-state index contributed by atoms with van der Waals surface area (Å²) < 4.78 is 23.7. The summed E-state index contributed by atoms with van der Waals surface area (Å²) in [5, 5.41) is 0.134. The third-order valence-electron chi connectivity index (χ3n) is 4.07. The van der Waals surface area contributed by atoms with Crippen molar-refractivity contribution in [3.63, 3.8) is 0 Å². The van der Waals surface area contributed by atoms with E-state index in [0.717, 1.165) is 25.2 Å². The van der Waals surface area contributed by atoms with Crippen molar-refractivity contribution in [2.24, 2.45) is 11.8 Å². The molecule has 0 aromatic carbocycles. The van der Waals surface area contributed by atoms with Gasteiger partial charge in [-0.05, 0) is 43.9 Å². The molecule has 2 saturated carbocycles. The topological polar surface area (TPSA) is 34.1 Å².